The Bertz CT molecular complexity index is 794. The first kappa shape index (κ1) is 21.1. The number of amides is 1. The van der Waals surface area contributed by atoms with Gasteiger partial charge in [0.25, 0.3) is 0 Å². The Morgan fingerprint density at radius 2 is 2.03 bits per heavy atom. The normalized spacial score (nSPS) is 16.5. The number of carbonyl (C=O) groups excluding carboxylic acids is 1. The summed E-state index contributed by atoms with van der Waals surface area (Å²) in [6.45, 7) is 7.49. The molecule has 3 rings (SSSR count). The van der Waals surface area contributed by atoms with Gasteiger partial charge in [-0.05, 0) is 50.5 Å². The Labute approximate surface area is 173 Å². The van der Waals surface area contributed by atoms with E-state index in [2.05, 4.69) is 28.9 Å². The molecule has 1 aliphatic heterocycles. The van der Waals surface area contributed by atoms with E-state index in [4.69, 9.17) is 4.74 Å². The second-order valence-corrected chi connectivity index (χ2v) is 7.53. The van der Waals surface area contributed by atoms with Crippen molar-refractivity contribution in [2.24, 2.45) is 5.92 Å². The lowest BCUT2D eigenvalue weighted by molar-refractivity contribution is -0.135. The van der Waals surface area contributed by atoms with Crippen molar-refractivity contribution in [3.8, 4) is 17.0 Å². The van der Waals surface area contributed by atoms with Crippen LogP contribution in [0.25, 0.3) is 11.3 Å². The van der Waals surface area contributed by atoms with E-state index >= 15 is 0 Å². The van der Waals surface area contributed by atoms with Gasteiger partial charge in [-0.25, -0.2) is 0 Å². The number of rotatable bonds is 8. The van der Waals surface area contributed by atoms with Gasteiger partial charge in [0.2, 0.25) is 5.91 Å². The first-order chi connectivity index (χ1) is 14.2. The lowest BCUT2D eigenvalue weighted by Crippen LogP contribution is -2.45. The zero-order valence-electron chi connectivity index (χ0n) is 17.8. The molecule has 0 saturated carbocycles. The van der Waals surface area contributed by atoms with Crippen LogP contribution >= 0.6 is 0 Å². The largest absolute Gasteiger partial charge is 0.496 e. The van der Waals surface area contributed by atoms with Crippen molar-refractivity contribution in [1.29, 1.82) is 0 Å². The monoisotopic (exact) mass is 396 g/mol. The molecule has 1 aliphatic rings. The molecule has 156 valence electrons. The van der Waals surface area contributed by atoms with E-state index in [1.54, 1.807) is 7.11 Å². The van der Waals surface area contributed by atoms with Crippen LogP contribution in [0.3, 0.4) is 0 Å². The third-order valence-corrected chi connectivity index (χ3v) is 5.60. The lowest BCUT2D eigenvalue weighted by atomic mass is 9.96. The van der Waals surface area contributed by atoms with Crippen molar-refractivity contribution >= 4 is 11.7 Å². The van der Waals surface area contributed by atoms with Gasteiger partial charge >= 0.3 is 0 Å². The van der Waals surface area contributed by atoms with Gasteiger partial charge in [0.1, 0.15) is 5.75 Å². The van der Waals surface area contributed by atoms with E-state index in [0.717, 1.165) is 68.1 Å². The zero-order chi connectivity index (χ0) is 20.6. The second kappa shape index (κ2) is 10.2. The molecule has 2 aromatic rings. The van der Waals surface area contributed by atoms with Crippen molar-refractivity contribution in [1.82, 2.24) is 15.1 Å². The summed E-state index contributed by atoms with van der Waals surface area (Å²) in [5, 5.41) is 8.89. The number of hydrogen-bond donors (Lipinski definition) is 0. The smallest absolute Gasteiger partial charge is 0.227 e. The number of hydrogen-bond acceptors (Lipinski definition) is 5. The first-order valence-corrected chi connectivity index (χ1v) is 10.7. The Morgan fingerprint density at radius 1 is 1.21 bits per heavy atom. The summed E-state index contributed by atoms with van der Waals surface area (Å²) in [6, 6.07) is 11.8. The van der Waals surface area contributed by atoms with Gasteiger partial charge in [0.15, 0.2) is 5.82 Å². The van der Waals surface area contributed by atoms with Gasteiger partial charge in [-0.1, -0.05) is 25.5 Å². The van der Waals surface area contributed by atoms with Gasteiger partial charge in [0.05, 0.1) is 18.7 Å². The van der Waals surface area contributed by atoms with Gasteiger partial charge in [-0.3, -0.25) is 4.79 Å². The highest BCUT2D eigenvalue weighted by Gasteiger charge is 2.29. The molecule has 1 aromatic heterocycles. The molecule has 0 spiro atoms. The standard InChI is InChI=1S/C23H32N4O2/c1-4-6-15-26(5-2)23(28)18-10-9-16-27(17-18)22-14-13-20(24-25-22)19-11-7-8-12-21(19)29-3/h7-8,11-14,18H,4-6,9-10,15-17H2,1-3H3. The van der Waals surface area contributed by atoms with Crippen LogP contribution < -0.4 is 9.64 Å². The molecule has 0 aliphatic carbocycles. The number of piperidine rings is 1. The summed E-state index contributed by atoms with van der Waals surface area (Å²) in [5.74, 6) is 1.93. The molecule has 0 radical (unpaired) electrons. The topological polar surface area (TPSA) is 58.6 Å². The number of ether oxygens (including phenoxy) is 1. The molecule has 1 fully saturated rings. The Balaban J connectivity index is 1.70. The molecule has 1 saturated heterocycles. The summed E-state index contributed by atoms with van der Waals surface area (Å²) in [7, 11) is 1.66. The number of benzene rings is 1. The molecule has 6 nitrogen and oxygen atoms in total. The summed E-state index contributed by atoms with van der Waals surface area (Å²) in [5.41, 5.74) is 1.71. The summed E-state index contributed by atoms with van der Waals surface area (Å²) in [6.07, 6.45) is 4.11. The summed E-state index contributed by atoms with van der Waals surface area (Å²) in [4.78, 5) is 17.2. The molecular weight excluding hydrogens is 364 g/mol. The van der Waals surface area contributed by atoms with E-state index in [0.29, 0.717) is 6.54 Å². The number of anilines is 1. The maximum Gasteiger partial charge on any atom is 0.227 e. The van der Waals surface area contributed by atoms with Crippen molar-refractivity contribution < 1.29 is 9.53 Å². The fourth-order valence-electron chi connectivity index (χ4n) is 3.91. The van der Waals surface area contributed by atoms with E-state index in [1.807, 2.05) is 41.3 Å². The zero-order valence-corrected chi connectivity index (χ0v) is 17.8. The van der Waals surface area contributed by atoms with Crippen molar-refractivity contribution in [2.75, 3.05) is 38.2 Å². The summed E-state index contributed by atoms with van der Waals surface area (Å²) < 4.78 is 5.43. The Hall–Kier alpha value is -2.63. The molecule has 1 aromatic carbocycles. The van der Waals surface area contributed by atoms with Crippen LogP contribution in [0.4, 0.5) is 5.82 Å². The van der Waals surface area contributed by atoms with Gasteiger partial charge < -0.3 is 14.5 Å². The minimum absolute atomic E-state index is 0.0382. The van der Waals surface area contributed by atoms with Crippen LogP contribution in [0.15, 0.2) is 36.4 Å². The minimum Gasteiger partial charge on any atom is -0.496 e. The molecule has 29 heavy (non-hydrogen) atoms. The highest BCUT2D eigenvalue weighted by atomic mass is 16.5. The Morgan fingerprint density at radius 3 is 2.72 bits per heavy atom. The first-order valence-electron chi connectivity index (χ1n) is 10.7. The van der Waals surface area contributed by atoms with Gasteiger partial charge in [-0.15, -0.1) is 10.2 Å². The average molecular weight is 397 g/mol. The fraction of sp³-hybridized carbons (Fsp3) is 0.522. The fourth-order valence-corrected chi connectivity index (χ4v) is 3.91. The predicted molar refractivity (Wildman–Crippen MR) is 116 cm³/mol. The van der Waals surface area contributed by atoms with Crippen molar-refractivity contribution in [3.05, 3.63) is 36.4 Å². The minimum atomic E-state index is 0.0382. The average Bonchev–Trinajstić information content (AvgIpc) is 2.79. The number of unbranched alkanes of at least 4 members (excludes halogenated alkanes) is 1. The van der Waals surface area contributed by atoms with Crippen LogP contribution in [0.2, 0.25) is 0 Å². The maximum atomic E-state index is 13.0. The quantitative estimate of drug-likeness (QED) is 0.675. The van der Waals surface area contributed by atoms with Crippen LogP contribution in [-0.4, -0.2) is 54.3 Å². The molecule has 1 unspecified atom stereocenters. The second-order valence-electron chi connectivity index (χ2n) is 7.53. The van der Waals surface area contributed by atoms with E-state index in [9.17, 15) is 4.79 Å². The van der Waals surface area contributed by atoms with Crippen LogP contribution in [-0.2, 0) is 4.79 Å². The van der Waals surface area contributed by atoms with Crippen LogP contribution in [0.5, 0.6) is 5.75 Å². The summed E-state index contributed by atoms with van der Waals surface area (Å²) >= 11 is 0. The molecular formula is C23H32N4O2. The number of nitrogens with zero attached hydrogens (tertiary/aromatic N) is 4. The molecule has 2 heterocycles. The van der Waals surface area contributed by atoms with Crippen LogP contribution in [0.1, 0.15) is 39.5 Å². The SMILES string of the molecule is CCCCN(CC)C(=O)C1CCCN(c2ccc(-c3ccccc3OC)nn2)C1. The highest BCUT2D eigenvalue weighted by Crippen LogP contribution is 2.29. The van der Waals surface area contributed by atoms with Crippen molar-refractivity contribution in [2.45, 2.75) is 39.5 Å². The maximum absolute atomic E-state index is 13.0. The molecule has 0 N–H and O–H groups in total. The van der Waals surface area contributed by atoms with E-state index in [-0.39, 0.29) is 11.8 Å². The third-order valence-electron chi connectivity index (χ3n) is 5.60. The van der Waals surface area contributed by atoms with Crippen LogP contribution in [0, 0.1) is 5.92 Å². The Kier molecular flexibility index (Phi) is 7.44. The number of carbonyl (C=O) groups is 1. The number of para-hydroxylation sites is 1. The highest BCUT2D eigenvalue weighted by molar-refractivity contribution is 5.79. The molecule has 6 heteroatoms. The van der Waals surface area contributed by atoms with Crippen molar-refractivity contribution in [3.63, 3.8) is 0 Å². The predicted octanol–water partition coefficient (Wildman–Crippen LogP) is 4.02. The lowest BCUT2D eigenvalue weighted by Gasteiger charge is -2.35. The number of methoxy groups -OCH3 is 1. The molecule has 1 atom stereocenters. The number of aromatic nitrogens is 2. The molecule has 1 amide bonds. The molecule has 0 bridgehead atoms. The van der Waals surface area contributed by atoms with Gasteiger partial charge in [-0.2, -0.15) is 0 Å². The van der Waals surface area contributed by atoms with E-state index < -0.39 is 0 Å². The third kappa shape index (κ3) is 5.05. The van der Waals surface area contributed by atoms with Gasteiger partial charge in [0, 0.05) is 31.7 Å². The van der Waals surface area contributed by atoms with E-state index in [1.165, 1.54) is 0 Å².